The Morgan fingerprint density at radius 3 is 3.12 bits per heavy atom. The molecule has 0 aromatic heterocycles. The van der Waals surface area contributed by atoms with Crippen molar-refractivity contribution in [3.63, 3.8) is 0 Å². The zero-order chi connectivity index (χ0) is 11.8. The maximum Gasteiger partial charge on any atom is 0.343 e. The van der Waals surface area contributed by atoms with Gasteiger partial charge in [0, 0.05) is 5.75 Å². The average Bonchev–Trinajstić information content (AvgIpc) is 2.61. The third kappa shape index (κ3) is 1.63. The van der Waals surface area contributed by atoms with Crippen LogP contribution in [0.1, 0.15) is 19.8 Å². The Hall–Kier alpha value is -1.30. The van der Waals surface area contributed by atoms with Crippen molar-refractivity contribution >= 4 is 26.8 Å². The van der Waals surface area contributed by atoms with Gasteiger partial charge in [-0.3, -0.25) is 0 Å². The van der Waals surface area contributed by atoms with E-state index in [1.165, 1.54) is 6.21 Å². The lowest BCUT2D eigenvalue weighted by molar-refractivity contribution is -0.137. The molecule has 1 atom stereocenters. The molecule has 0 saturated carbocycles. The molecule has 0 saturated heterocycles. The van der Waals surface area contributed by atoms with E-state index in [1.54, 1.807) is 6.92 Å². The first kappa shape index (κ1) is 11.2. The molecule has 6 heteroatoms. The second-order valence-electron chi connectivity index (χ2n) is 3.59. The highest BCUT2D eigenvalue weighted by molar-refractivity contribution is 8.02. The summed E-state index contributed by atoms with van der Waals surface area (Å²) in [5, 5.41) is 9.87. The molecular weight excluding hydrogens is 230 g/mol. The van der Waals surface area contributed by atoms with Crippen molar-refractivity contribution < 1.29 is 18.8 Å². The Balaban J connectivity index is 2.45. The smallest absolute Gasteiger partial charge is 0.343 e. The summed E-state index contributed by atoms with van der Waals surface area (Å²) in [4.78, 5) is 11.9. The van der Waals surface area contributed by atoms with E-state index >= 15 is 0 Å². The van der Waals surface area contributed by atoms with Gasteiger partial charge in [0.25, 0.3) is 0 Å². The zero-order valence-electron chi connectivity index (χ0n) is 8.93. The van der Waals surface area contributed by atoms with E-state index in [0.29, 0.717) is 17.0 Å². The van der Waals surface area contributed by atoms with Gasteiger partial charge in [-0.1, -0.05) is 0 Å². The lowest BCUT2D eigenvalue weighted by atomic mass is 10.1. The number of rotatable bonds is 2. The van der Waals surface area contributed by atoms with Gasteiger partial charge < -0.3 is 9.84 Å². The number of esters is 1. The summed E-state index contributed by atoms with van der Waals surface area (Å²) >= 11 is 0. The standard InChI is InChI=1S/C10H13NO4S/c1-2-15-10(13)7-6-11-16(14)5-3-4-8(16)9(7)12/h6,12H,2-5H2,1H3. The quantitative estimate of drug-likeness (QED) is 0.569. The van der Waals surface area contributed by atoms with Gasteiger partial charge in [-0.2, -0.15) is 0 Å². The number of ether oxygens (including phenoxy) is 1. The van der Waals surface area contributed by atoms with Crippen molar-refractivity contribution in [3.8, 4) is 0 Å². The van der Waals surface area contributed by atoms with Crippen LogP contribution in [0.3, 0.4) is 0 Å². The highest BCUT2D eigenvalue weighted by atomic mass is 32.2. The Kier molecular flexibility index (Phi) is 2.75. The minimum atomic E-state index is -2.46. The predicted molar refractivity (Wildman–Crippen MR) is 62.0 cm³/mol. The van der Waals surface area contributed by atoms with Crippen LogP contribution in [-0.4, -0.2) is 38.7 Å². The van der Waals surface area contributed by atoms with Crippen LogP contribution in [0.15, 0.2) is 15.7 Å². The molecule has 2 rings (SSSR count). The summed E-state index contributed by atoms with van der Waals surface area (Å²) in [5.74, 6) is -0.362. The van der Waals surface area contributed by atoms with Gasteiger partial charge in [-0.25, -0.2) is 13.4 Å². The second-order valence-corrected chi connectivity index (χ2v) is 5.98. The molecule has 0 radical (unpaired) electrons. The molecule has 88 valence electrons. The summed E-state index contributed by atoms with van der Waals surface area (Å²) in [5.41, 5.74) is 0.0118. The van der Waals surface area contributed by atoms with Crippen molar-refractivity contribution in [2.45, 2.75) is 19.8 Å². The molecule has 2 aliphatic rings. The molecule has 2 heterocycles. The van der Waals surface area contributed by atoms with Crippen LogP contribution in [0.25, 0.3) is 0 Å². The van der Waals surface area contributed by atoms with Crippen molar-refractivity contribution in [2.24, 2.45) is 4.40 Å². The number of allylic oxidation sites excluding steroid dienone is 1. The normalized spacial score (nSPS) is 28.2. The van der Waals surface area contributed by atoms with Crippen LogP contribution < -0.4 is 0 Å². The fraction of sp³-hybridized carbons (Fsp3) is 0.500. The first-order valence-corrected chi connectivity index (χ1v) is 6.80. The van der Waals surface area contributed by atoms with E-state index in [4.69, 9.17) is 4.74 Å². The molecule has 0 fully saturated rings. The van der Waals surface area contributed by atoms with Crippen molar-refractivity contribution in [1.29, 1.82) is 0 Å². The SMILES string of the molecule is CCOC(=O)C1=C(O)C2=S(=O)(CCC2)N=C1. The number of nitrogens with zero attached hydrogens (tertiary/aromatic N) is 1. The number of carbonyl (C=O) groups is 1. The first-order chi connectivity index (χ1) is 7.58. The molecular formula is C10H13NO4S. The maximum atomic E-state index is 12.1. The number of carbonyl (C=O) groups excluding carboxylic acids is 1. The fourth-order valence-corrected chi connectivity index (χ4v) is 3.97. The minimum absolute atomic E-state index is 0.0118. The van der Waals surface area contributed by atoms with E-state index in [-0.39, 0.29) is 17.9 Å². The summed E-state index contributed by atoms with van der Waals surface area (Å²) in [7, 11) is -2.46. The van der Waals surface area contributed by atoms with Gasteiger partial charge in [0.05, 0.1) is 27.4 Å². The van der Waals surface area contributed by atoms with E-state index in [2.05, 4.69) is 4.40 Å². The Morgan fingerprint density at radius 2 is 2.44 bits per heavy atom. The molecule has 0 amide bonds. The molecule has 16 heavy (non-hydrogen) atoms. The Bertz CT molecular complexity index is 509. The topological polar surface area (TPSA) is 76.0 Å². The third-order valence-electron chi connectivity index (χ3n) is 2.58. The Labute approximate surface area is 94.0 Å². The van der Waals surface area contributed by atoms with Crippen LogP contribution in [-0.2, 0) is 19.2 Å². The van der Waals surface area contributed by atoms with Crippen molar-refractivity contribution in [1.82, 2.24) is 0 Å². The fourth-order valence-electron chi connectivity index (χ4n) is 1.80. The molecule has 0 aromatic rings. The molecule has 0 aromatic carbocycles. The van der Waals surface area contributed by atoms with Crippen LogP contribution in [0, 0.1) is 0 Å². The van der Waals surface area contributed by atoms with E-state index in [0.717, 1.165) is 6.42 Å². The van der Waals surface area contributed by atoms with E-state index < -0.39 is 15.7 Å². The molecule has 5 nitrogen and oxygen atoms in total. The maximum absolute atomic E-state index is 12.1. The highest BCUT2D eigenvalue weighted by Crippen LogP contribution is 2.24. The summed E-state index contributed by atoms with van der Waals surface area (Å²) in [6, 6.07) is 0. The van der Waals surface area contributed by atoms with Gasteiger partial charge >= 0.3 is 5.97 Å². The third-order valence-corrected chi connectivity index (χ3v) is 5.03. The zero-order valence-corrected chi connectivity index (χ0v) is 9.75. The average molecular weight is 243 g/mol. The molecule has 2 aliphatic heterocycles. The largest absolute Gasteiger partial charge is 0.506 e. The predicted octanol–water partition coefficient (Wildman–Crippen LogP) is 0.612. The summed E-state index contributed by atoms with van der Waals surface area (Å²) in [6.07, 6.45) is 2.43. The molecule has 0 spiro atoms. The highest BCUT2D eigenvalue weighted by Gasteiger charge is 2.31. The van der Waals surface area contributed by atoms with Gasteiger partial charge in [0.1, 0.15) is 11.3 Å². The van der Waals surface area contributed by atoms with E-state index in [1.807, 2.05) is 0 Å². The molecule has 0 bridgehead atoms. The second kappa shape index (κ2) is 3.93. The van der Waals surface area contributed by atoms with Crippen LogP contribution >= 0.6 is 0 Å². The summed E-state index contributed by atoms with van der Waals surface area (Å²) in [6.45, 7) is 1.91. The first-order valence-electron chi connectivity index (χ1n) is 5.12. The lowest BCUT2D eigenvalue weighted by Crippen LogP contribution is -2.22. The van der Waals surface area contributed by atoms with Crippen LogP contribution in [0.4, 0.5) is 0 Å². The lowest BCUT2D eigenvalue weighted by Gasteiger charge is -2.13. The summed E-state index contributed by atoms with van der Waals surface area (Å²) < 4.78 is 20.8. The number of hydrogen-bond acceptors (Lipinski definition) is 4. The van der Waals surface area contributed by atoms with Gasteiger partial charge in [-0.15, -0.1) is 0 Å². The van der Waals surface area contributed by atoms with Gasteiger partial charge in [-0.05, 0) is 19.8 Å². The number of aliphatic hydroxyl groups is 1. The Morgan fingerprint density at radius 1 is 1.69 bits per heavy atom. The number of hydrogen-bond donors (Lipinski definition) is 1. The van der Waals surface area contributed by atoms with E-state index in [9.17, 15) is 14.1 Å². The molecule has 0 aliphatic carbocycles. The molecule has 1 N–H and O–H groups in total. The van der Waals surface area contributed by atoms with Crippen molar-refractivity contribution in [3.05, 3.63) is 11.3 Å². The van der Waals surface area contributed by atoms with Crippen LogP contribution in [0.2, 0.25) is 0 Å². The molecule has 1 unspecified atom stereocenters. The van der Waals surface area contributed by atoms with Gasteiger partial charge in [0.2, 0.25) is 0 Å². The monoisotopic (exact) mass is 243 g/mol. The van der Waals surface area contributed by atoms with Gasteiger partial charge in [0.15, 0.2) is 0 Å². The minimum Gasteiger partial charge on any atom is -0.506 e. The van der Waals surface area contributed by atoms with Crippen molar-refractivity contribution in [2.75, 3.05) is 12.4 Å². The van der Waals surface area contributed by atoms with Crippen LogP contribution in [0.5, 0.6) is 0 Å². The number of aliphatic hydroxyl groups excluding tert-OH is 1.